The van der Waals surface area contributed by atoms with Gasteiger partial charge >= 0.3 is 0 Å². The molecular formula is C17H28IN3O2S. The lowest BCUT2D eigenvalue weighted by Gasteiger charge is -2.17. The number of guanidine groups is 1. The number of hydrogen-bond acceptors (Lipinski definition) is 3. The molecule has 2 rings (SSSR count). The minimum absolute atomic E-state index is 0. The van der Waals surface area contributed by atoms with Crippen LogP contribution in [0, 0.1) is 20.8 Å². The van der Waals surface area contributed by atoms with Gasteiger partial charge in [-0.3, -0.25) is 4.99 Å². The number of aryl methyl sites for hydroxylation is 3. The Balaban J connectivity index is 0.00000288. The van der Waals surface area contributed by atoms with Gasteiger partial charge in [-0.05, 0) is 50.3 Å². The van der Waals surface area contributed by atoms with Crippen molar-refractivity contribution in [1.82, 2.24) is 10.6 Å². The second kappa shape index (κ2) is 9.03. The molecule has 1 unspecified atom stereocenters. The van der Waals surface area contributed by atoms with E-state index in [0.717, 1.165) is 13.0 Å². The molecule has 1 aliphatic rings. The van der Waals surface area contributed by atoms with Gasteiger partial charge in [-0.15, -0.1) is 24.0 Å². The molecule has 0 bridgehead atoms. The lowest BCUT2D eigenvalue weighted by Crippen LogP contribution is -2.44. The Kier molecular flexibility index (Phi) is 7.98. The van der Waals surface area contributed by atoms with Crippen LogP contribution in [-0.4, -0.2) is 45.5 Å². The summed E-state index contributed by atoms with van der Waals surface area (Å²) in [6.45, 7) is 7.17. The van der Waals surface area contributed by atoms with Crippen molar-refractivity contribution in [2.45, 2.75) is 39.7 Å². The van der Waals surface area contributed by atoms with Gasteiger partial charge in [0.15, 0.2) is 15.8 Å². The normalized spacial score (nSPS) is 19.7. The number of benzene rings is 1. The highest BCUT2D eigenvalue weighted by Crippen LogP contribution is 2.16. The van der Waals surface area contributed by atoms with Crippen molar-refractivity contribution >= 4 is 39.8 Å². The van der Waals surface area contributed by atoms with Crippen LogP contribution in [0.3, 0.4) is 0 Å². The quantitative estimate of drug-likeness (QED) is 0.406. The van der Waals surface area contributed by atoms with Crippen LogP contribution in [0.1, 0.15) is 28.7 Å². The number of hydrogen-bond donors (Lipinski definition) is 2. The predicted molar refractivity (Wildman–Crippen MR) is 111 cm³/mol. The monoisotopic (exact) mass is 465 g/mol. The fourth-order valence-electron chi connectivity index (χ4n) is 3.21. The molecule has 1 atom stereocenters. The smallest absolute Gasteiger partial charge is 0.191 e. The topological polar surface area (TPSA) is 70.6 Å². The molecule has 1 saturated heterocycles. The summed E-state index contributed by atoms with van der Waals surface area (Å²) >= 11 is 0. The van der Waals surface area contributed by atoms with Gasteiger partial charge in [0.1, 0.15) is 0 Å². The number of nitrogens with one attached hydrogen (secondary N) is 2. The maximum atomic E-state index is 11.5. The SMILES string of the molecule is CN=C(NCCc1c(C)cc(C)cc1C)NC1CCS(=O)(=O)C1.I. The number of aliphatic imine (C=N–C) groups is 1. The van der Waals surface area contributed by atoms with Crippen LogP contribution < -0.4 is 10.6 Å². The molecule has 0 aliphatic carbocycles. The summed E-state index contributed by atoms with van der Waals surface area (Å²) in [6.07, 6.45) is 1.57. The molecule has 24 heavy (non-hydrogen) atoms. The van der Waals surface area contributed by atoms with Crippen molar-refractivity contribution in [3.8, 4) is 0 Å². The minimum atomic E-state index is -2.87. The summed E-state index contributed by atoms with van der Waals surface area (Å²) in [6, 6.07) is 4.38. The van der Waals surface area contributed by atoms with E-state index >= 15 is 0 Å². The van der Waals surface area contributed by atoms with E-state index in [-0.39, 0.29) is 41.5 Å². The Bertz CT molecular complexity index is 679. The van der Waals surface area contributed by atoms with Gasteiger partial charge in [0, 0.05) is 19.6 Å². The van der Waals surface area contributed by atoms with Crippen LogP contribution in [-0.2, 0) is 16.3 Å². The van der Waals surface area contributed by atoms with Crippen LogP contribution in [0.4, 0.5) is 0 Å². The fourth-order valence-corrected chi connectivity index (χ4v) is 4.88. The molecule has 1 aromatic rings. The first kappa shape index (κ1) is 21.2. The molecule has 5 nitrogen and oxygen atoms in total. The molecule has 0 aromatic heterocycles. The summed E-state index contributed by atoms with van der Waals surface area (Å²) < 4.78 is 23.0. The highest BCUT2D eigenvalue weighted by Gasteiger charge is 2.28. The number of rotatable bonds is 4. The van der Waals surface area contributed by atoms with Gasteiger partial charge in [0.2, 0.25) is 0 Å². The average Bonchev–Trinajstić information content (AvgIpc) is 2.79. The van der Waals surface area contributed by atoms with Gasteiger partial charge in [-0.25, -0.2) is 8.42 Å². The predicted octanol–water partition coefficient (Wildman–Crippen LogP) is 2.12. The van der Waals surface area contributed by atoms with Crippen molar-refractivity contribution in [1.29, 1.82) is 0 Å². The summed E-state index contributed by atoms with van der Waals surface area (Å²) in [7, 11) is -1.16. The first-order valence-corrected chi connectivity index (χ1v) is 9.87. The highest BCUT2D eigenvalue weighted by atomic mass is 127. The first-order chi connectivity index (χ1) is 10.8. The number of nitrogens with zero attached hydrogens (tertiary/aromatic N) is 1. The largest absolute Gasteiger partial charge is 0.356 e. The van der Waals surface area contributed by atoms with Crippen molar-refractivity contribution in [2.75, 3.05) is 25.1 Å². The zero-order valence-electron chi connectivity index (χ0n) is 14.8. The van der Waals surface area contributed by atoms with Gasteiger partial charge in [-0.1, -0.05) is 17.7 Å². The summed E-state index contributed by atoms with van der Waals surface area (Å²) in [5, 5.41) is 6.49. The van der Waals surface area contributed by atoms with Crippen LogP contribution in [0.2, 0.25) is 0 Å². The van der Waals surface area contributed by atoms with Crippen molar-refractivity contribution in [3.63, 3.8) is 0 Å². The summed E-state index contributed by atoms with van der Waals surface area (Å²) in [4.78, 5) is 4.19. The van der Waals surface area contributed by atoms with Crippen LogP contribution in [0.15, 0.2) is 17.1 Å². The molecule has 0 radical (unpaired) electrons. The fraction of sp³-hybridized carbons (Fsp3) is 0.588. The Morgan fingerprint density at radius 2 is 1.88 bits per heavy atom. The van der Waals surface area contributed by atoms with E-state index in [2.05, 4.69) is 48.5 Å². The third-order valence-electron chi connectivity index (χ3n) is 4.30. The molecule has 1 aliphatic heterocycles. The Hall–Kier alpha value is -0.830. The molecule has 0 amide bonds. The molecular weight excluding hydrogens is 437 g/mol. The second-order valence-electron chi connectivity index (χ2n) is 6.37. The maximum Gasteiger partial charge on any atom is 0.191 e. The van der Waals surface area contributed by atoms with Gasteiger partial charge in [0.05, 0.1) is 11.5 Å². The van der Waals surface area contributed by atoms with Crippen LogP contribution in [0.5, 0.6) is 0 Å². The number of halogens is 1. The Labute approximate surface area is 162 Å². The molecule has 2 N–H and O–H groups in total. The standard InChI is InChI=1S/C17H27N3O2S.HI/c1-12-9-13(2)16(14(3)10-12)5-7-19-17(18-4)20-15-6-8-23(21,22)11-15;/h9-10,15H,5-8,11H2,1-4H3,(H2,18,19,20);1H. The second-order valence-corrected chi connectivity index (χ2v) is 8.60. The van der Waals surface area contributed by atoms with Crippen molar-refractivity contribution in [3.05, 3.63) is 34.4 Å². The molecule has 0 spiro atoms. The Morgan fingerprint density at radius 3 is 2.38 bits per heavy atom. The zero-order chi connectivity index (χ0) is 17.0. The van der Waals surface area contributed by atoms with Crippen LogP contribution in [0.25, 0.3) is 0 Å². The zero-order valence-corrected chi connectivity index (χ0v) is 18.0. The molecule has 1 fully saturated rings. The van der Waals surface area contributed by atoms with E-state index in [1.807, 2.05) is 0 Å². The van der Waals surface area contributed by atoms with Crippen LogP contribution >= 0.6 is 24.0 Å². The minimum Gasteiger partial charge on any atom is -0.356 e. The third-order valence-corrected chi connectivity index (χ3v) is 6.07. The maximum absolute atomic E-state index is 11.5. The molecule has 7 heteroatoms. The third kappa shape index (κ3) is 5.91. The van der Waals surface area contributed by atoms with E-state index < -0.39 is 9.84 Å². The van der Waals surface area contributed by atoms with Crippen molar-refractivity contribution < 1.29 is 8.42 Å². The van der Waals surface area contributed by atoms with Crippen molar-refractivity contribution in [2.24, 2.45) is 4.99 Å². The van der Waals surface area contributed by atoms with Gasteiger partial charge in [0.25, 0.3) is 0 Å². The molecule has 1 heterocycles. The molecule has 136 valence electrons. The molecule has 0 saturated carbocycles. The highest BCUT2D eigenvalue weighted by molar-refractivity contribution is 14.0. The average molecular weight is 465 g/mol. The summed E-state index contributed by atoms with van der Waals surface area (Å²) in [5.74, 6) is 1.14. The van der Waals surface area contributed by atoms with Gasteiger partial charge in [-0.2, -0.15) is 0 Å². The van der Waals surface area contributed by atoms with E-state index in [1.54, 1.807) is 7.05 Å². The van der Waals surface area contributed by atoms with E-state index in [4.69, 9.17) is 0 Å². The van der Waals surface area contributed by atoms with E-state index in [0.29, 0.717) is 12.4 Å². The first-order valence-electron chi connectivity index (χ1n) is 8.05. The van der Waals surface area contributed by atoms with E-state index in [9.17, 15) is 8.42 Å². The lowest BCUT2D eigenvalue weighted by molar-refractivity contribution is 0.599. The Morgan fingerprint density at radius 1 is 1.25 bits per heavy atom. The van der Waals surface area contributed by atoms with Gasteiger partial charge < -0.3 is 10.6 Å². The van der Waals surface area contributed by atoms with E-state index in [1.165, 1.54) is 22.3 Å². The summed E-state index contributed by atoms with van der Waals surface area (Å²) in [5.41, 5.74) is 5.28. The lowest BCUT2D eigenvalue weighted by atomic mass is 9.97. The number of sulfone groups is 1. The molecule has 1 aromatic carbocycles.